The number of hydrogen-bond acceptors (Lipinski definition) is 3. The first-order valence-electron chi connectivity index (χ1n) is 16.7. The number of aromatic nitrogens is 4. The molecule has 5 heteroatoms. The highest BCUT2D eigenvalue weighted by Crippen LogP contribution is 2.44. The van der Waals surface area contributed by atoms with E-state index in [1.165, 1.54) is 0 Å². The third-order valence-electron chi connectivity index (χ3n) is 9.61. The van der Waals surface area contributed by atoms with E-state index in [1.54, 1.807) is 25.0 Å². The standard InChI is InChI=1S/C45H34N4O/c50-43(41-31-46-33-48(41)44(35-19-7-1-8-20-35,36-21-9-2-10-22-36)37-23-11-3-12-24-37)42-32-47-34-49(42)45(38-25-13-4-14-26-38,39-27-15-5-16-28-39)40-29-17-6-18-30-40/h1-34H. The molecule has 0 aliphatic rings. The van der Waals surface area contributed by atoms with E-state index in [0.717, 1.165) is 33.4 Å². The van der Waals surface area contributed by atoms with Gasteiger partial charge in [0.2, 0.25) is 5.78 Å². The Hall–Kier alpha value is -6.59. The van der Waals surface area contributed by atoms with E-state index in [0.29, 0.717) is 11.4 Å². The monoisotopic (exact) mass is 646 g/mol. The number of hydrogen-bond donors (Lipinski definition) is 0. The molecule has 0 aliphatic carbocycles. The van der Waals surface area contributed by atoms with Gasteiger partial charge in [-0.25, -0.2) is 9.97 Å². The third-order valence-corrected chi connectivity index (χ3v) is 9.61. The van der Waals surface area contributed by atoms with E-state index in [1.807, 2.05) is 118 Å². The van der Waals surface area contributed by atoms with E-state index in [2.05, 4.69) is 82.8 Å². The van der Waals surface area contributed by atoms with Crippen molar-refractivity contribution in [3.8, 4) is 0 Å². The molecule has 6 aromatic carbocycles. The maximum Gasteiger partial charge on any atom is 0.229 e. The Morgan fingerprint density at radius 2 is 0.580 bits per heavy atom. The highest BCUT2D eigenvalue weighted by atomic mass is 16.1. The van der Waals surface area contributed by atoms with Crippen molar-refractivity contribution in [2.24, 2.45) is 0 Å². The van der Waals surface area contributed by atoms with Crippen LogP contribution < -0.4 is 0 Å². The molecule has 5 nitrogen and oxygen atoms in total. The van der Waals surface area contributed by atoms with Crippen molar-refractivity contribution in [3.05, 3.63) is 252 Å². The summed E-state index contributed by atoms with van der Waals surface area (Å²) in [7, 11) is 0. The molecule has 0 fully saturated rings. The van der Waals surface area contributed by atoms with Crippen LogP contribution in [0.4, 0.5) is 0 Å². The zero-order chi connectivity index (χ0) is 33.8. The Kier molecular flexibility index (Phi) is 8.07. The minimum absolute atomic E-state index is 0.195. The molecular weight excluding hydrogens is 613 g/mol. The van der Waals surface area contributed by atoms with Gasteiger partial charge in [-0.3, -0.25) is 4.79 Å². The summed E-state index contributed by atoms with van der Waals surface area (Å²) in [5.74, 6) is -0.195. The first-order valence-corrected chi connectivity index (χ1v) is 16.7. The molecule has 50 heavy (non-hydrogen) atoms. The van der Waals surface area contributed by atoms with Crippen molar-refractivity contribution in [2.45, 2.75) is 11.1 Å². The number of rotatable bonds is 10. The van der Waals surface area contributed by atoms with Crippen LogP contribution in [0.2, 0.25) is 0 Å². The van der Waals surface area contributed by atoms with E-state index < -0.39 is 11.1 Å². The Morgan fingerprint density at radius 1 is 0.360 bits per heavy atom. The maximum atomic E-state index is 15.4. The van der Waals surface area contributed by atoms with Gasteiger partial charge < -0.3 is 9.13 Å². The summed E-state index contributed by atoms with van der Waals surface area (Å²) in [5, 5.41) is 0. The van der Waals surface area contributed by atoms with Crippen LogP contribution in [0.5, 0.6) is 0 Å². The van der Waals surface area contributed by atoms with Gasteiger partial charge in [0, 0.05) is 0 Å². The molecule has 2 heterocycles. The lowest BCUT2D eigenvalue weighted by Gasteiger charge is -2.39. The van der Waals surface area contributed by atoms with Crippen LogP contribution in [0.25, 0.3) is 0 Å². The fourth-order valence-electron chi connectivity index (χ4n) is 7.50. The second kappa shape index (κ2) is 13.1. The van der Waals surface area contributed by atoms with Crippen molar-refractivity contribution in [3.63, 3.8) is 0 Å². The van der Waals surface area contributed by atoms with Crippen LogP contribution in [-0.2, 0) is 11.1 Å². The predicted octanol–water partition coefficient (Wildman–Crippen LogP) is 8.99. The number of carbonyl (C=O) groups excluding carboxylic acids is 1. The Balaban J connectivity index is 1.40. The predicted molar refractivity (Wildman–Crippen MR) is 197 cm³/mol. The van der Waals surface area contributed by atoms with E-state index in [9.17, 15) is 0 Å². The van der Waals surface area contributed by atoms with Crippen molar-refractivity contribution in [1.29, 1.82) is 0 Å². The van der Waals surface area contributed by atoms with E-state index in [-0.39, 0.29) is 5.78 Å². The Labute approximate surface area is 291 Å². The highest BCUT2D eigenvalue weighted by Gasteiger charge is 2.43. The lowest BCUT2D eigenvalue weighted by molar-refractivity contribution is 0.101. The van der Waals surface area contributed by atoms with Gasteiger partial charge in [-0.2, -0.15) is 0 Å². The third kappa shape index (κ3) is 4.91. The molecule has 0 spiro atoms. The zero-order valence-corrected chi connectivity index (χ0v) is 27.3. The average molecular weight is 647 g/mol. The number of ketones is 1. The van der Waals surface area contributed by atoms with E-state index >= 15 is 4.79 Å². The fourth-order valence-corrected chi connectivity index (χ4v) is 7.50. The normalized spacial score (nSPS) is 11.7. The summed E-state index contributed by atoms with van der Waals surface area (Å²) in [5.41, 5.74) is 5.08. The Bertz CT molecular complexity index is 1960. The smallest absolute Gasteiger partial charge is 0.229 e. The van der Waals surface area contributed by atoms with Gasteiger partial charge in [0.25, 0.3) is 0 Å². The lowest BCUT2D eigenvalue weighted by atomic mass is 9.76. The Morgan fingerprint density at radius 3 is 0.800 bits per heavy atom. The van der Waals surface area contributed by atoms with E-state index in [4.69, 9.17) is 0 Å². The summed E-state index contributed by atoms with van der Waals surface area (Å²) >= 11 is 0. The van der Waals surface area contributed by atoms with Crippen LogP contribution >= 0.6 is 0 Å². The molecule has 0 bridgehead atoms. The van der Waals surface area contributed by atoms with Crippen LogP contribution in [0.15, 0.2) is 207 Å². The summed E-state index contributed by atoms with van der Waals surface area (Å²) in [4.78, 5) is 24.7. The molecule has 8 aromatic rings. The minimum Gasteiger partial charge on any atom is -0.309 e. The van der Waals surface area contributed by atoms with Crippen molar-refractivity contribution < 1.29 is 4.79 Å². The second-order valence-electron chi connectivity index (χ2n) is 12.2. The van der Waals surface area contributed by atoms with Crippen molar-refractivity contribution >= 4 is 5.78 Å². The SMILES string of the molecule is O=C(c1cncn1C(c1ccccc1)(c1ccccc1)c1ccccc1)c1cncn1C(c1ccccc1)(c1ccccc1)c1ccccc1. The van der Waals surface area contributed by atoms with Gasteiger partial charge in [0.05, 0.1) is 25.0 Å². The number of benzene rings is 6. The van der Waals surface area contributed by atoms with Gasteiger partial charge in [-0.15, -0.1) is 0 Å². The molecule has 0 unspecified atom stereocenters. The summed E-state index contributed by atoms with van der Waals surface area (Å²) in [6.07, 6.45) is 6.91. The van der Waals surface area contributed by atoms with Gasteiger partial charge >= 0.3 is 0 Å². The second-order valence-corrected chi connectivity index (χ2v) is 12.2. The molecule has 2 aromatic heterocycles. The van der Waals surface area contributed by atoms with Crippen LogP contribution in [0.1, 0.15) is 49.6 Å². The molecule has 8 rings (SSSR count). The number of carbonyl (C=O) groups is 1. The lowest BCUT2D eigenvalue weighted by Crippen LogP contribution is -2.41. The summed E-state index contributed by atoms with van der Waals surface area (Å²) in [6, 6.07) is 61.9. The van der Waals surface area contributed by atoms with Crippen LogP contribution in [0, 0.1) is 0 Å². The topological polar surface area (TPSA) is 52.7 Å². The van der Waals surface area contributed by atoms with Gasteiger partial charge in [-0.05, 0) is 33.4 Å². The molecule has 0 atom stereocenters. The summed E-state index contributed by atoms with van der Waals surface area (Å²) < 4.78 is 4.06. The average Bonchev–Trinajstić information content (AvgIpc) is 3.90. The number of nitrogens with zero attached hydrogens (tertiary/aromatic N) is 4. The maximum absolute atomic E-state index is 15.4. The fraction of sp³-hybridized carbons (Fsp3) is 0.0444. The molecular formula is C45H34N4O. The molecule has 0 N–H and O–H groups in total. The quantitative estimate of drug-likeness (QED) is 0.110. The first-order chi connectivity index (χ1) is 24.8. The van der Waals surface area contributed by atoms with Gasteiger partial charge in [-0.1, -0.05) is 182 Å². The number of imidazole rings is 2. The van der Waals surface area contributed by atoms with Gasteiger partial charge in [0.1, 0.15) is 22.5 Å². The molecule has 0 aliphatic heterocycles. The van der Waals surface area contributed by atoms with Crippen molar-refractivity contribution in [2.75, 3.05) is 0 Å². The molecule has 0 saturated heterocycles. The largest absolute Gasteiger partial charge is 0.309 e. The molecule has 0 amide bonds. The molecule has 240 valence electrons. The molecule has 0 radical (unpaired) electrons. The summed E-state index contributed by atoms with van der Waals surface area (Å²) in [6.45, 7) is 0. The zero-order valence-electron chi connectivity index (χ0n) is 27.3. The highest BCUT2D eigenvalue weighted by molar-refractivity contribution is 6.07. The minimum atomic E-state index is -0.911. The first kappa shape index (κ1) is 30.7. The van der Waals surface area contributed by atoms with Gasteiger partial charge in [0.15, 0.2) is 0 Å². The van der Waals surface area contributed by atoms with Crippen LogP contribution in [0.3, 0.4) is 0 Å². The van der Waals surface area contributed by atoms with Crippen LogP contribution in [-0.4, -0.2) is 24.9 Å². The molecule has 0 saturated carbocycles. The van der Waals surface area contributed by atoms with Crippen molar-refractivity contribution in [1.82, 2.24) is 19.1 Å².